The summed E-state index contributed by atoms with van der Waals surface area (Å²) in [5.41, 5.74) is 0.610. The molecule has 0 fully saturated rings. The predicted octanol–water partition coefficient (Wildman–Crippen LogP) is 2.43. The van der Waals surface area contributed by atoms with E-state index in [0.717, 1.165) is 0 Å². The molecule has 1 rings (SSSR count). The lowest BCUT2D eigenvalue weighted by Crippen LogP contribution is -2.14. The number of ether oxygens (including phenoxy) is 1. The molecule has 90 valence electrons. The van der Waals surface area contributed by atoms with E-state index >= 15 is 0 Å². The molecule has 17 heavy (non-hydrogen) atoms. The Labute approximate surface area is 99.9 Å². The van der Waals surface area contributed by atoms with E-state index in [2.05, 4.69) is 11.2 Å². The molecule has 5 heteroatoms. The van der Waals surface area contributed by atoms with Crippen molar-refractivity contribution in [3.8, 4) is 18.1 Å². The normalized spacial score (nSPS) is 11.4. The van der Waals surface area contributed by atoms with Crippen molar-refractivity contribution in [3.63, 3.8) is 0 Å². The number of terminal acetylenes is 1. The van der Waals surface area contributed by atoms with Crippen LogP contribution in [0.5, 0.6) is 5.75 Å². The lowest BCUT2D eigenvalue weighted by atomic mass is 10.2. The molecule has 0 radical (unpaired) electrons. The predicted molar refractivity (Wildman–Crippen MR) is 66.2 cm³/mol. The first-order valence-corrected chi connectivity index (χ1v) is 5.10. The molecule has 0 aliphatic heterocycles. The van der Waals surface area contributed by atoms with Gasteiger partial charge in [0, 0.05) is 30.3 Å². The van der Waals surface area contributed by atoms with Gasteiger partial charge in [-0.25, -0.2) is 0 Å². The summed E-state index contributed by atoms with van der Waals surface area (Å²) in [7, 11) is 1.47. The van der Waals surface area contributed by atoms with Gasteiger partial charge in [-0.3, -0.25) is 10.1 Å². The molecule has 0 aromatic heterocycles. The number of non-ortho nitro benzene ring substituents is 1. The summed E-state index contributed by atoms with van der Waals surface area (Å²) in [5, 5.41) is 13.8. The van der Waals surface area contributed by atoms with Crippen LogP contribution in [0.2, 0.25) is 0 Å². The largest absolute Gasteiger partial charge is 0.496 e. The average Bonchev–Trinajstić information content (AvgIpc) is 2.28. The van der Waals surface area contributed by atoms with Crippen LogP contribution in [0.4, 0.5) is 11.4 Å². The molecular weight excluding hydrogens is 220 g/mol. The summed E-state index contributed by atoms with van der Waals surface area (Å²) in [5.74, 6) is 2.97. The topological polar surface area (TPSA) is 64.4 Å². The zero-order chi connectivity index (χ0) is 12.8. The van der Waals surface area contributed by atoms with Crippen LogP contribution in [0.15, 0.2) is 18.2 Å². The van der Waals surface area contributed by atoms with Crippen molar-refractivity contribution in [1.82, 2.24) is 0 Å². The van der Waals surface area contributed by atoms with Crippen LogP contribution in [0, 0.1) is 22.5 Å². The van der Waals surface area contributed by atoms with Crippen molar-refractivity contribution in [2.75, 3.05) is 12.4 Å². The summed E-state index contributed by atoms with van der Waals surface area (Å²) in [4.78, 5) is 10.3. The van der Waals surface area contributed by atoms with Crippen LogP contribution < -0.4 is 10.1 Å². The van der Waals surface area contributed by atoms with Gasteiger partial charge in [0.1, 0.15) is 5.75 Å². The van der Waals surface area contributed by atoms with Crippen molar-refractivity contribution >= 4 is 11.4 Å². The van der Waals surface area contributed by atoms with Crippen molar-refractivity contribution in [2.45, 2.75) is 19.4 Å². The standard InChI is InChI=1S/C12H14N2O3/c1-4-5-9(2)13-10-6-11(14(15)16)8-12(7-10)17-3/h1,6-9,13H,5H2,2-3H3. The highest BCUT2D eigenvalue weighted by Crippen LogP contribution is 2.26. The first-order valence-electron chi connectivity index (χ1n) is 5.10. The molecular formula is C12H14N2O3. The van der Waals surface area contributed by atoms with Gasteiger partial charge in [-0.1, -0.05) is 0 Å². The minimum atomic E-state index is -0.459. The average molecular weight is 234 g/mol. The number of nitrogens with zero attached hydrogens (tertiary/aromatic N) is 1. The number of hydrogen-bond donors (Lipinski definition) is 1. The zero-order valence-corrected chi connectivity index (χ0v) is 9.77. The minimum Gasteiger partial charge on any atom is -0.496 e. The number of nitro benzene ring substituents is 1. The van der Waals surface area contributed by atoms with Crippen LogP contribution in [-0.4, -0.2) is 18.1 Å². The van der Waals surface area contributed by atoms with E-state index in [1.54, 1.807) is 6.07 Å². The van der Waals surface area contributed by atoms with Crippen molar-refractivity contribution < 1.29 is 9.66 Å². The summed E-state index contributed by atoms with van der Waals surface area (Å²) in [6.45, 7) is 1.91. The monoisotopic (exact) mass is 234 g/mol. The number of anilines is 1. The van der Waals surface area contributed by atoms with Crippen LogP contribution in [0.25, 0.3) is 0 Å². The first-order chi connectivity index (χ1) is 8.06. The fourth-order valence-corrected chi connectivity index (χ4v) is 1.40. The van der Waals surface area contributed by atoms with E-state index in [1.807, 2.05) is 6.92 Å². The van der Waals surface area contributed by atoms with Gasteiger partial charge >= 0.3 is 0 Å². The second kappa shape index (κ2) is 5.75. The smallest absolute Gasteiger partial charge is 0.275 e. The summed E-state index contributed by atoms with van der Waals surface area (Å²) >= 11 is 0. The second-order valence-corrected chi connectivity index (χ2v) is 3.63. The third kappa shape index (κ3) is 3.68. The maximum atomic E-state index is 10.7. The number of benzene rings is 1. The molecule has 0 spiro atoms. The summed E-state index contributed by atoms with van der Waals surface area (Å²) in [6, 6.07) is 4.57. The molecule has 0 heterocycles. The fraction of sp³-hybridized carbons (Fsp3) is 0.333. The van der Waals surface area contributed by atoms with Gasteiger partial charge in [-0.2, -0.15) is 0 Å². The highest BCUT2D eigenvalue weighted by Gasteiger charge is 2.11. The Kier molecular flexibility index (Phi) is 4.35. The minimum absolute atomic E-state index is 0.0141. The van der Waals surface area contributed by atoms with Crippen LogP contribution in [0.1, 0.15) is 13.3 Å². The lowest BCUT2D eigenvalue weighted by molar-refractivity contribution is -0.384. The molecule has 1 atom stereocenters. The van der Waals surface area contributed by atoms with E-state index in [4.69, 9.17) is 11.2 Å². The quantitative estimate of drug-likeness (QED) is 0.482. The highest BCUT2D eigenvalue weighted by atomic mass is 16.6. The molecule has 0 saturated heterocycles. The van der Waals surface area contributed by atoms with Gasteiger partial charge in [0.2, 0.25) is 0 Å². The third-order valence-corrected chi connectivity index (χ3v) is 2.17. The molecule has 5 nitrogen and oxygen atoms in total. The SMILES string of the molecule is C#CCC(C)Nc1cc(OC)cc([N+](=O)[O-])c1. The van der Waals surface area contributed by atoms with E-state index in [1.165, 1.54) is 19.2 Å². The second-order valence-electron chi connectivity index (χ2n) is 3.63. The summed E-state index contributed by atoms with van der Waals surface area (Å²) in [6.07, 6.45) is 5.74. The fourth-order valence-electron chi connectivity index (χ4n) is 1.40. The van der Waals surface area contributed by atoms with E-state index < -0.39 is 4.92 Å². The summed E-state index contributed by atoms with van der Waals surface area (Å²) < 4.78 is 5.00. The molecule has 1 aromatic carbocycles. The first kappa shape index (κ1) is 12.8. The number of nitrogens with one attached hydrogen (secondary N) is 1. The molecule has 0 amide bonds. The van der Waals surface area contributed by atoms with Gasteiger partial charge in [0.15, 0.2) is 0 Å². The van der Waals surface area contributed by atoms with Crippen molar-refractivity contribution in [2.24, 2.45) is 0 Å². The van der Waals surface area contributed by atoms with Crippen LogP contribution >= 0.6 is 0 Å². The molecule has 0 saturated carbocycles. The molecule has 1 aromatic rings. The third-order valence-electron chi connectivity index (χ3n) is 2.17. The Morgan fingerprint density at radius 3 is 2.82 bits per heavy atom. The van der Waals surface area contributed by atoms with Crippen molar-refractivity contribution in [3.05, 3.63) is 28.3 Å². The molecule has 1 unspecified atom stereocenters. The maximum Gasteiger partial charge on any atom is 0.275 e. The Morgan fingerprint density at radius 1 is 1.59 bits per heavy atom. The number of rotatable bonds is 5. The Bertz CT molecular complexity index is 452. The number of methoxy groups -OCH3 is 1. The van der Waals surface area contributed by atoms with E-state index in [-0.39, 0.29) is 11.7 Å². The van der Waals surface area contributed by atoms with Gasteiger partial charge in [-0.15, -0.1) is 12.3 Å². The zero-order valence-electron chi connectivity index (χ0n) is 9.77. The van der Waals surface area contributed by atoms with E-state index in [0.29, 0.717) is 17.9 Å². The van der Waals surface area contributed by atoms with E-state index in [9.17, 15) is 10.1 Å². The van der Waals surface area contributed by atoms with Crippen molar-refractivity contribution in [1.29, 1.82) is 0 Å². The number of hydrogen-bond acceptors (Lipinski definition) is 4. The van der Waals surface area contributed by atoms with Gasteiger partial charge < -0.3 is 10.1 Å². The van der Waals surface area contributed by atoms with Crippen LogP contribution in [0.3, 0.4) is 0 Å². The molecule has 0 aliphatic rings. The maximum absolute atomic E-state index is 10.7. The molecule has 1 N–H and O–H groups in total. The Morgan fingerprint density at radius 2 is 2.29 bits per heavy atom. The Balaban J connectivity index is 2.95. The highest BCUT2D eigenvalue weighted by molar-refractivity contribution is 5.56. The molecule has 0 aliphatic carbocycles. The van der Waals surface area contributed by atoms with Gasteiger partial charge in [-0.05, 0) is 6.92 Å². The Hall–Kier alpha value is -2.22. The van der Waals surface area contributed by atoms with Crippen LogP contribution in [-0.2, 0) is 0 Å². The lowest BCUT2D eigenvalue weighted by Gasteiger charge is -2.13. The number of nitro groups is 1. The molecule has 0 bridgehead atoms. The van der Waals surface area contributed by atoms with Gasteiger partial charge in [0.25, 0.3) is 5.69 Å². The van der Waals surface area contributed by atoms with Gasteiger partial charge in [0.05, 0.1) is 18.1 Å².